The van der Waals surface area contributed by atoms with Gasteiger partial charge in [-0.3, -0.25) is 19.5 Å². The molecule has 8 nitrogen and oxygen atoms in total. The molecule has 8 heteroatoms. The number of ether oxygens (including phenoxy) is 2. The summed E-state index contributed by atoms with van der Waals surface area (Å²) in [4.78, 5) is 46.8. The number of allylic oxidation sites excluding steroid dienone is 2. The first-order valence-corrected chi connectivity index (χ1v) is 12.2. The second-order valence-corrected chi connectivity index (χ2v) is 9.13. The molecule has 0 saturated carbocycles. The zero-order valence-electron chi connectivity index (χ0n) is 21.0. The maximum atomic E-state index is 14.4. The first-order chi connectivity index (χ1) is 18.5. The number of hydrogen-bond donors (Lipinski definition) is 1. The van der Waals surface area contributed by atoms with E-state index in [9.17, 15) is 14.4 Å². The number of nitrogens with two attached hydrogens (primary N) is 1. The molecule has 0 bridgehead atoms. The molecule has 0 unspecified atom stereocenters. The maximum Gasteiger partial charge on any atom is 0.338 e. The fourth-order valence-electron chi connectivity index (χ4n) is 5.50. The Labute approximate surface area is 220 Å². The first kappa shape index (κ1) is 25.0. The molecule has 2 aromatic carbocycles. The number of hydrogen-bond acceptors (Lipinski definition) is 8. The van der Waals surface area contributed by atoms with Gasteiger partial charge in [0.2, 0.25) is 0 Å². The van der Waals surface area contributed by atoms with Gasteiger partial charge in [-0.25, -0.2) is 4.79 Å². The monoisotopic (exact) mass is 509 g/mol. The van der Waals surface area contributed by atoms with E-state index in [2.05, 4.69) is 4.98 Å². The van der Waals surface area contributed by atoms with Gasteiger partial charge in [-0.2, -0.15) is 0 Å². The number of anilines is 1. The van der Waals surface area contributed by atoms with Crippen molar-refractivity contribution in [3.05, 3.63) is 119 Å². The van der Waals surface area contributed by atoms with Crippen LogP contribution in [-0.4, -0.2) is 36.9 Å². The van der Waals surface area contributed by atoms with Gasteiger partial charge in [0.1, 0.15) is 11.7 Å². The molecular formula is C30H27N3O5. The Morgan fingerprint density at radius 1 is 0.921 bits per heavy atom. The van der Waals surface area contributed by atoms with Crippen molar-refractivity contribution in [1.82, 2.24) is 4.98 Å². The van der Waals surface area contributed by atoms with E-state index in [4.69, 9.17) is 15.2 Å². The van der Waals surface area contributed by atoms with Crippen molar-refractivity contribution in [2.75, 3.05) is 19.1 Å². The fourth-order valence-corrected chi connectivity index (χ4v) is 5.50. The van der Waals surface area contributed by atoms with Gasteiger partial charge in [-0.15, -0.1) is 0 Å². The molecular weight excluding hydrogens is 482 g/mol. The lowest BCUT2D eigenvalue weighted by Gasteiger charge is -2.44. The van der Waals surface area contributed by atoms with Gasteiger partial charge in [0.25, 0.3) is 0 Å². The van der Waals surface area contributed by atoms with Crippen molar-refractivity contribution < 1.29 is 23.9 Å². The highest BCUT2D eigenvalue weighted by Crippen LogP contribution is 2.51. The van der Waals surface area contributed by atoms with Crippen LogP contribution >= 0.6 is 0 Å². The van der Waals surface area contributed by atoms with Crippen LogP contribution in [0, 0.1) is 5.92 Å². The summed E-state index contributed by atoms with van der Waals surface area (Å²) < 4.78 is 10.3. The van der Waals surface area contributed by atoms with Gasteiger partial charge in [0, 0.05) is 35.3 Å². The Morgan fingerprint density at radius 3 is 2.18 bits per heavy atom. The second-order valence-electron chi connectivity index (χ2n) is 9.13. The minimum atomic E-state index is -1.10. The number of ketones is 1. The summed E-state index contributed by atoms with van der Waals surface area (Å²) >= 11 is 0. The number of benzene rings is 2. The third-order valence-corrected chi connectivity index (χ3v) is 7.16. The lowest BCUT2D eigenvalue weighted by atomic mass is 9.67. The van der Waals surface area contributed by atoms with E-state index in [1.54, 1.807) is 29.4 Å². The largest absolute Gasteiger partial charge is 0.468 e. The summed E-state index contributed by atoms with van der Waals surface area (Å²) in [6.45, 7) is 0. The standard InChI is InChI=1S/C30H27N3O5/c1-37-29(35)24-21(18-10-5-3-6-11-18)16-22-25(27(24)34)23(19-12-9-15-32-17-19)26(30(36)38-2)28(31)33(22)20-13-7-4-8-14-20/h3-15,17,21,23-24H,16,31H2,1-2H3/t21-,23+,24-/m1/s1. The summed E-state index contributed by atoms with van der Waals surface area (Å²) in [5.41, 5.74) is 9.90. The summed E-state index contributed by atoms with van der Waals surface area (Å²) in [6.07, 6.45) is 3.51. The predicted octanol–water partition coefficient (Wildman–Crippen LogP) is 3.83. The van der Waals surface area contributed by atoms with Gasteiger partial charge in [0.15, 0.2) is 5.78 Å². The van der Waals surface area contributed by atoms with Crippen molar-refractivity contribution in [1.29, 1.82) is 0 Å². The van der Waals surface area contributed by atoms with E-state index in [-0.39, 0.29) is 11.4 Å². The quantitative estimate of drug-likeness (QED) is 0.408. The van der Waals surface area contributed by atoms with Crippen molar-refractivity contribution in [3.8, 4) is 0 Å². The average molecular weight is 510 g/mol. The first-order valence-electron chi connectivity index (χ1n) is 12.2. The summed E-state index contributed by atoms with van der Waals surface area (Å²) in [7, 11) is 2.54. The molecule has 5 rings (SSSR count). The maximum absolute atomic E-state index is 14.4. The third-order valence-electron chi connectivity index (χ3n) is 7.16. The Kier molecular flexibility index (Phi) is 6.79. The van der Waals surface area contributed by atoms with E-state index >= 15 is 0 Å². The van der Waals surface area contributed by atoms with Crippen molar-refractivity contribution >= 4 is 23.4 Å². The Hall–Kier alpha value is -4.72. The highest BCUT2D eigenvalue weighted by molar-refractivity contribution is 6.14. The van der Waals surface area contributed by atoms with Crippen LogP contribution < -0.4 is 10.6 Å². The number of Topliss-reactive ketones (excluding diaryl/α,β-unsaturated/α-hetero) is 1. The highest BCUT2D eigenvalue weighted by Gasteiger charge is 2.51. The number of rotatable bonds is 5. The lowest BCUT2D eigenvalue weighted by Crippen LogP contribution is -2.46. The molecule has 1 aromatic heterocycles. The van der Waals surface area contributed by atoms with Gasteiger partial charge in [-0.05, 0) is 35.7 Å². The second kappa shape index (κ2) is 10.3. The van der Waals surface area contributed by atoms with Crippen LogP contribution in [0.1, 0.15) is 29.4 Å². The van der Waals surface area contributed by atoms with Gasteiger partial charge in [-0.1, -0.05) is 54.6 Å². The molecule has 2 N–H and O–H groups in total. The summed E-state index contributed by atoms with van der Waals surface area (Å²) in [5, 5.41) is 0. The molecule has 2 aliphatic rings. The van der Waals surface area contributed by atoms with E-state index < -0.39 is 35.5 Å². The topological polar surface area (TPSA) is 112 Å². The van der Waals surface area contributed by atoms with Crippen LogP contribution in [0.5, 0.6) is 0 Å². The van der Waals surface area contributed by atoms with E-state index in [1.807, 2.05) is 60.7 Å². The smallest absolute Gasteiger partial charge is 0.338 e. The molecule has 0 saturated heterocycles. The summed E-state index contributed by atoms with van der Waals surface area (Å²) in [6, 6.07) is 22.2. The molecule has 0 radical (unpaired) electrons. The zero-order valence-corrected chi connectivity index (χ0v) is 21.0. The number of esters is 2. The van der Waals surface area contributed by atoms with E-state index in [0.717, 1.165) is 5.56 Å². The molecule has 2 heterocycles. The molecule has 1 aliphatic heterocycles. The molecule has 192 valence electrons. The number of pyridine rings is 1. The molecule has 1 aliphatic carbocycles. The van der Waals surface area contributed by atoms with Crippen LogP contribution in [0.15, 0.2) is 108 Å². The average Bonchev–Trinajstić information content (AvgIpc) is 2.97. The third kappa shape index (κ3) is 4.14. The minimum absolute atomic E-state index is 0.109. The van der Waals surface area contributed by atoms with E-state index in [0.29, 0.717) is 28.9 Å². The van der Waals surface area contributed by atoms with Crippen LogP contribution in [0.25, 0.3) is 0 Å². The van der Waals surface area contributed by atoms with Crippen molar-refractivity contribution in [2.24, 2.45) is 11.7 Å². The molecule has 38 heavy (non-hydrogen) atoms. The Balaban J connectivity index is 1.82. The Morgan fingerprint density at radius 2 is 1.58 bits per heavy atom. The zero-order chi connectivity index (χ0) is 26.8. The number of aromatic nitrogens is 1. The number of carbonyl (C=O) groups is 3. The Bertz CT molecular complexity index is 1430. The highest BCUT2D eigenvalue weighted by atomic mass is 16.5. The van der Waals surface area contributed by atoms with Gasteiger partial charge in [0.05, 0.1) is 25.7 Å². The van der Waals surface area contributed by atoms with Crippen LogP contribution in [0.2, 0.25) is 0 Å². The van der Waals surface area contributed by atoms with E-state index in [1.165, 1.54) is 14.2 Å². The molecule has 0 fully saturated rings. The number of para-hydroxylation sites is 1. The van der Waals surface area contributed by atoms with Gasteiger partial charge < -0.3 is 15.2 Å². The van der Waals surface area contributed by atoms with Crippen LogP contribution in [0.3, 0.4) is 0 Å². The molecule has 0 spiro atoms. The molecule has 0 amide bonds. The lowest BCUT2D eigenvalue weighted by molar-refractivity contribution is -0.150. The summed E-state index contributed by atoms with van der Waals surface area (Å²) in [5.74, 6) is -4.03. The van der Waals surface area contributed by atoms with Crippen LogP contribution in [0.4, 0.5) is 5.69 Å². The minimum Gasteiger partial charge on any atom is -0.468 e. The normalized spacial score (nSPS) is 21.2. The number of nitrogens with zero attached hydrogens (tertiary/aromatic N) is 2. The molecule has 3 atom stereocenters. The molecule has 3 aromatic rings. The predicted molar refractivity (Wildman–Crippen MR) is 140 cm³/mol. The van der Waals surface area contributed by atoms with Crippen LogP contribution in [-0.2, 0) is 23.9 Å². The van der Waals surface area contributed by atoms with Crippen molar-refractivity contribution in [2.45, 2.75) is 18.3 Å². The number of carbonyl (C=O) groups excluding carboxylic acids is 3. The number of methoxy groups -OCH3 is 2. The SMILES string of the molecule is COC(=O)C1=C(N)N(c2ccccc2)C2=C(C(=O)[C@H](C(=O)OC)[C@@H](c3ccccc3)C2)[C@@H]1c1cccnc1. The van der Waals surface area contributed by atoms with Gasteiger partial charge >= 0.3 is 11.9 Å². The van der Waals surface area contributed by atoms with Crippen molar-refractivity contribution in [3.63, 3.8) is 0 Å². The fraction of sp³-hybridized carbons (Fsp3) is 0.200.